The minimum Gasteiger partial charge on any atom is -0.469 e. The lowest BCUT2D eigenvalue weighted by Gasteiger charge is -2.39. The Labute approximate surface area is 172 Å². The first-order valence-corrected chi connectivity index (χ1v) is 10.3. The fourth-order valence-electron chi connectivity index (χ4n) is 4.11. The van der Waals surface area contributed by atoms with Crippen molar-refractivity contribution in [1.29, 1.82) is 0 Å². The van der Waals surface area contributed by atoms with Gasteiger partial charge in [-0.15, -0.1) is 0 Å². The maximum absolute atomic E-state index is 6.47. The van der Waals surface area contributed by atoms with E-state index >= 15 is 0 Å². The van der Waals surface area contributed by atoms with Gasteiger partial charge in [-0.3, -0.25) is 0 Å². The van der Waals surface area contributed by atoms with Gasteiger partial charge in [0.25, 0.3) is 0 Å². The summed E-state index contributed by atoms with van der Waals surface area (Å²) in [6.07, 6.45) is 2.12. The van der Waals surface area contributed by atoms with E-state index < -0.39 is 0 Å². The summed E-state index contributed by atoms with van der Waals surface area (Å²) in [4.78, 5) is 0. The molecular formula is C26H26N2O. The molecule has 3 heteroatoms. The molecule has 29 heavy (non-hydrogen) atoms. The van der Waals surface area contributed by atoms with E-state index in [0.717, 1.165) is 17.0 Å². The molecule has 3 aromatic rings. The van der Waals surface area contributed by atoms with E-state index in [9.17, 15) is 0 Å². The van der Waals surface area contributed by atoms with Crippen LogP contribution >= 0.6 is 0 Å². The third kappa shape index (κ3) is 3.22. The number of hydrogen-bond acceptors (Lipinski definition) is 3. The molecule has 0 spiro atoms. The molecule has 0 saturated carbocycles. The number of aryl methyl sites for hydroxylation is 1. The fraction of sp³-hybridized carbons (Fsp3) is 0.231. The number of para-hydroxylation sites is 1. The molecule has 5 rings (SSSR count). The van der Waals surface area contributed by atoms with E-state index in [4.69, 9.17) is 4.74 Å². The Hall–Kier alpha value is -3.04. The van der Waals surface area contributed by atoms with Gasteiger partial charge in [-0.1, -0.05) is 86.1 Å². The Balaban J connectivity index is 1.53. The SMILES string of the molecule is Cc1ccc(C2=C[C@@H]3c4ccccc4O[C@@H](c4ccc(C(C)C)cc4)N3N2)cc1. The number of rotatable bonds is 3. The number of hydrogen-bond donors (Lipinski definition) is 1. The van der Waals surface area contributed by atoms with Crippen molar-refractivity contribution in [3.8, 4) is 5.75 Å². The number of nitrogens with zero attached hydrogens (tertiary/aromatic N) is 1. The Morgan fingerprint density at radius 2 is 1.62 bits per heavy atom. The zero-order valence-electron chi connectivity index (χ0n) is 17.1. The molecule has 0 fully saturated rings. The van der Waals surface area contributed by atoms with Crippen LogP contribution in [0.4, 0.5) is 0 Å². The summed E-state index contributed by atoms with van der Waals surface area (Å²) in [6, 6.07) is 25.9. The molecule has 3 nitrogen and oxygen atoms in total. The van der Waals surface area contributed by atoms with E-state index in [2.05, 4.69) is 104 Å². The van der Waals surface area contributed by atoms with Crippen LogP contribution in [0.5, 0.6) is 5.75 Å². The number of hydrazine groups is 1. The van der Waals surface area contributed by atoms with E-state index in [-0.39, 0.29) is 12.3 Å². The van der Waals surface area contributed by atoms with Gasteiger partial charge in [-0.05, 0) is 36.1 Å². The lowest BCUT2D eigenvalue weighted by atomic mass is 9.98. The van der Waals surface area contributed by atoms with Gasteiger partial charge in [0.15, 0.2) is 6.23 Å². The highest BCUT2D eigenvalue weighted by Gasteiger charge is 2.39. The zero-order chi connectivity index (χ0) is 20.0. The van der Waals surface area contributed by atoms with Crippen LogP contribution in [0.1, 0.15) is 59.9 Å². The Bertz CT molecular complexity index is 1050. The van der Waals surface area contributed by atoms with Gasteiger partial charge < -0.3 is 10.2 Å². The summed E-state index contributed by atoms with van der Waals surface area (Å²) in [6.45, 7) is 6.56. The summed E-state index contributed by atoms with van der Waals surface area (Å²) in [5.41, 5.74) is 10.9. The first-order valence-electron chi connectivity index (χ1n) is 10.3. The van der Waals surface area contributed by atoms with E-state index in [0.29, 0.717) is 5.92 Å². The minimum absolute atomic E-state index is 0.131. The van der Waals surface area contributed by atoms with Crippen LogP contribution in [0.25, 0.3) is 5.70 Å². The molecule has 0 aliphatic carbocycles. The third-order valence-electron chi connectivity index (χ3n) is 5.85. The fourth-order valence-corrected chi connectivity index (χ4v) is 4.11. The van der Waals surface area contributed by atoms with E-state index in [1.807, 2.05) is 6.07 Å². The molecule has 0 amide bonds. The van der Waals surface area contributed by atoms with Gasteiger partial charge in [-0.25, -0.2) is 0 Å². The van der Waals surface area contributed by atoms with Gasteiger partial charge in [0.2, 0.25) is 0 Å². The molecule has 2 atom stereocenters. The summed E-state index contributed by atoms with van der Waals surface area (Å²) in [7, 11) is 0. The second kappa shape index (κ2) is 7.09. The van der Waals surface area contributed by atoms with Crippen LogP contribution in [-0.2, 0) is 0 Å². The number of nitrogens with one attached hydrogen (secondary N) is 1. The second-order valence-electron chi connectivity index (χ2n) is 8.24. The van der Waals surface area contributed by atoms with Crippen molar-refractivity contribution in [2.24, 2.45) is 0 Å². The summed E-state index contributed by atoms with van der Waals surface area (Å²) < 4.78 is 6.47. The van der Waals surface area contributed by atoms with Crippen LogP contribution in [0.2, 0.25) is 0 Å². The molecule has 2 aliphatic heterocycles. The topological polar surface area (TPSA) is 24.5 Å². The Morgan fingerprint density at radius 1 is 0.897 bits per heavy atom. The average Bonchev–Trinajstić information content (AvgIpc) is 3.19. The molecule has 0 radical (unpaired) electrons. The first-order chi connectivity index (χ1) is 14.1. The maximum Gasteiger partial charge on any atom is 0.195 e. The summed E-state index contributed by atoms with van der Waals surface area (Å²) in [5, 5.41) is 2.22. The maximum atomic E-state index is 6.47. The van der Waals surface area contributed by atoms with Gasteiger partial charge in [0.05, 0.1) is 11.7 Å². The molecule has 0 unspecified atom stereocenters. The van der Waals surface area contributed by atoms with Crippen molar-refractivity contribution in [2.75, 3.05) is 0 Å². The van der Waals surface area contributed by atoms with E-state index in [1.165, 1.54) is 22.3 Å². The molecule has 0 bridgehead atoms. The molecule has 1 N–H and O–H groups in total. The van der Waals surface area contributed by atoms with Crippen molar-refractivity contribution in [2.45, 2.75) is 39.0 Å². The molecule has 2 aliphatic rings. The molecule has 146 valence electrons. The van der Waals surface area contributed by atoms with Crippen molar-refractivity contribution < 1.29 is 4.74 Å². The van der Waals surface area contributed by atoms with Gasteiger partial charge in [-0.2, -0.15) is 5.01 Å². The largest absolute Gasteiger partial charge is 0.469 e. The summed E-state index contributed by atoms with van der Waals surface area (Å²) >= 11 is 0. The summed E-state index contributed by atoms with van der Waals surface area (Å²) in [5.74, 6) is 1.47. The highest BCUT2D eigenvalue weighted by Crippen LogP contribution is 2.45. The Morgan fingerprint density at radius 3 is 2.34 bits per heavy atom. The van der Waals surface area contributed by atoms with Crippen LogP contribution in [0.3, 0.4) is 0 Å². The molecule has 0 aromatic heterocycles. The molecular weight excluding hydrogens is 356 g/mol. The Kier molecular flexibility index (Phi) is 4.40. The molecule has 0 saturated heterocycles. The van der Waals surface area contributed by atoms with Gasteiger partial charge >= 0.3 is 0 Å². The molecule has 3 aromatic carbocycles. The minimum atomic E-state index is -0.185. The van der Waals surface area contributed by atoms with Crippen molar-refractivity contribution >= 4 is 5.70 Å². The second-order valence-corrected chi connectivity index (χ2v) is 8.24. The third-order valence-corrected chi connectivity index (χ3v) is 5.85. The number of ether oxygens (including phenoxy) is 1. The van der Waals surface area contributed by atoms with Crippen LogP contribution in [0.15, 0.2) is 78.9 Å². The quantitative estimate of drug-likeness (QED) is 0.591. The van der Waals surface area contributed by atoms with E-state index in [1.54, 1.807) is 0 Å². The monoisotopic (exact) mass is 382 g/mol. The molecule has 2 heterocycles. The standard InChI is InChI=1S/C26H26N2O/c1-17(2)19-12-14-21(15-13-19)26-28-24(22-6-4-5-7-25(22)29-26)16-23(27-28)20-10-8-18(3)9-11-20/h4-17,24,26-27H,1-3H3/t24-,26+/m1/s1. The van der Waals surface area contributed by atoms with Gasteiger partial charge in [0, 0.05) is 11.1 Å². The zero-order valence-corrected chi connectivity index (χ0v) is 17.1. The number of benzene rings is 3. The predicted octanol–water partition coefficient (Wildman–Crippen LogP) is 6.11. The number of fused-ring (bicyclic) bond motifs is 3. The normalized spacial score (nSPS) is 20.5. The highest BCUT2D eigenvalue weighted by atomic mass is 16.5. The van der Waals surface area contributed by atoms with Crippen molar-refractivity contribution in [3.63, 3.8) is 0 Å². The van der Waals surface area contributed by atoms with Crippen LogP contribution in [0, 0.1) is 6.92 Å². The lowest BCUT2D eigenvalue weighted by molar-refractivity contribution is -0.0326. The average molecular weight is 383 g/mol. The first kappa shape index (κ1) is 18.0. The highest BCUT2D eigenvalue weighted by molar-refractivity contribution is 5.67. The smallest absolute Gasteiger partial charge is 0.195 e. The predicted molar refractivity (Wildman–Crippen MR) is 117 cm³/mol. The van der Waals surface area contributed by atoms with Gasteiger partial charge in [0.1, 0.15) is 5.75 Å². The van der Waals surface area contributed by atoms with Crippen LogP contribution in [-0.4, -0.2) is 5.01 Å². The van der Waals surface area contributed by atoms with Crippen LogP contribution < -0.4 is 10.2 Å². The van der Waals surface area contributed by atoms with Crippen molar-refractivity contribution in [1.82, 2.24) is 10.4 Å². The van der Waals surface area contributed by atoms with Crippen molar-refractivity contribution in [3.05, 3.63) is 107 Å². The lowest BCUT2D eigenvalue weighted by Crippen LogP contribution is -2.43.